The van der Waals surface area contributed by atoms with E-state index in [1.807, 2.05) is 0 Å². The third-order valence-electron chi connectivity index (χ3n) is 3.93. The first kappa shape index (κ1) is 11.4. The second-order valence-corrected chi connectivity index (χ2v) is 5.33. The summed E-state index contributed by atoms with van der Waals surface area (Å²) >= 11 is 0. The predicted octanol–water partition coefficient (Wildman–Crippen LogP) is 2.93. The second kappa shape index (κ2) is 5.86. The van der Waals surface area contributed by atoms with Gasteiger partial charge in [-0.3, -0.25) is 5.32 Å². The van der Waals surface area contributed by atoms with Crippen molar-refractivity contribution in [2.24, 2.45) is 11.8 Å². The normalized spacial score (nSPS) is 34.2. The van der Waals surface area contributed by atoms with Crippen LogP contribution in [0, 0.1) is 11.8 Å². The molecule has 0 radical (unpaired) electrons. The van der Waals surface area contributed by atoms with Crippen molar-refractivity contribution in [3.63, 3.8) is 0 Å². The second-order valence-electron chi connectivity index (χ2n) is 5.33. The molecule has 2 aliphatic rings. The van der Waals surface area contributed by atoms with Crippen molar-refractivity contribution >= 4 is 0 Å². The zero-order valence-corrected chi connectivity index (χ0v) is 10.0. The van der Waals surface area contributed by atoms with Gasteiger partial charge in [0.05, 0.1) is 6.61 Å². The molecule has 0 aromatic rings. The van der Waals surface area contributed by atoms with E-state index in [9.17, 15) is 0 Å². The molecule has 15 heavy (non-hydrogen) atoms. The smallest absolute Gasteiger partial charge is 0.110 e. The van der Waals surface area contributed by atoms with E-state index < -0.39 is 0 Å². The average Bonchev–Trinajstić information content (AvgIpc) is 2.29. The molecule has 88 valence electrons. The van der Waals surface area contributed by atoms with Gasteiger partial charge in [-0.05, 0) is 44.1 Å². The Kier molecular flexibility index (Phi) is 4.45. The van der Waals surface area contributed by atoms with Crippen LogP contribution in [0.3, 0.4) is 0 Å². The van der Waals surface area contributed by atoms with E-state index in [2.05, 4.69) is 12.2 Å². The zero-order valence-electron chi connectivity index (χ0n) is 10.0. The molecule has 2 rings (SSSR count). The molecule has 1 saturated heterocycles. The monoisotopic (exact) mass is 211 g/mol. The van der Waals surface area contributed by atoms with Gasteiger partial charge in [-0.2, -0.15) is 0 Å². The molecule has 2 fully saturated rings. The van der Waals surface area contributed by atoms with Crippen molar-refractivity contribution in [2.45, 2.75) is 58.1 Å². The van der Waals surface area contributed by atoms with E-state index in [4.69, 9.17) is 4.74 Å². The van der Waals surface area contributed by atoms with Crippen LogP contribution in [-0.2, 0) is 4.74 Å². The summed E-state index contributed by atoms with van der Waals surface area (Å²) in [4.78, 5) is 0. The summed E-state index contributed by atoms with van der Waals surface area (Å²) < 4.78 is 6.02. The largest absolute Gasteiger partial charge is 0.363 e. The molecule has 0 aromatic carbocycles. The van der Waals surface area contributed by atoms with E-state index in [-0.39, 0.29) is 0 Å². The molecule has 0 bridgehead atoms. The van der Waals surface area contributed by atoms with Crippen LogP contribution in [0.5, 0.6) is 0 Å². The molecule has 2 heteroatoms. The number of hydrogen-bond donors (Lipinski definition) is 1. The average molecular weight is 211 g/mol. The van der Waals surface area contributed by atoms with Crippen LogP contribution in [0.25, 0.3) is 0 Å². The Morgan fingerprint density at radius 3 is 2.60 bits per heavy atom. The third-order valence-corrected chi connectivity index (χ3v) is 3.93. The molecule has 1 aliphatic heterocycles. The molecule has 0 spiro atoms. The molecular weight excluding hydrogens is 186 g/mol. The van der Waals surface area contributed by atoms with Gasteiger partial charge in [0, 0.05) is 0 Å². The minimum Gasteiger partial charge on any atom is -0.363 e. The highest BCUT2D eigenvalue weighted by atomic mass is 16.5. The Bertz CT molecular complexity index is 177. The van der Waals surface area contributed by atoms with E-state index in [1.54, 1.807) is 0 Å². The Hall–Kier alpha value is -0.0800. The molecule has 1 heterocycles. The number of ether oxygens (including phenoxy) is 1. The highest BCUT2D eigenvalue weighted by molar-refractivity contribution is 4.72. The van der Waals surface area contributed by atoms with Crippen LogP contribution < -0.4 is 5.32 Å². The Balaban J connectivity index is 1.67. The molecule has 0 amide bonds. The first-order chi connectivity index (χ1) is 7.36. The molecule has 1 saturated carbocycles. The van der Waals surface area contributed by atoms with Gasteiger partial charge in [0.2, 0.25) is 0 Å². The lowest BCUT2D eigenvalue weighted by Crippen LogP contribution is -2.42. The van der Waals surface area contributed by atoms with E-state index in [1.165, 1.54) is 44.9 Å². The summed E-state index contributed by atoms with van der Waals surface area (Å²) in [6.07, 6.45) is 10.0. The summed E-state index contributed by atoms with van der Waals surface area (Å²) in [7, 11) is 0. The molecule has 2 unspecified atom stereocenters. The fourth-order valence-corrected chi connectivity index (χ4v) is 2.84. The Morgan fingerprint density at radius 1 is 1.07 bits per heavy atom. The van der Waals surface area contributed by atoms with Gasteiger partial charge in [-0.15, -0.1) is 0 Å². The lowest BCUT2D eigenvalue weighted by molar-refractivity contribution is -0.0407. The number of piperidine rings is 1. The predicted molar refractivity (Wildman–Crippen MR) is 62.7 cm³/mol. The lowest BCUT2D eigenvalue weighted by atomic mass is 9.90. The molecule has 0 aromatic heterocycles. The van der Waals surface area contributed by atoms with Gasteiger partial charge in [0.1, 0.15) is 6.23 Å². The first-order valence-electron chi connectivity index (χ1n) is 6.71. The first-order valence-corrected chi connectivity index (χ1v) is 6.71. The van der Waals surface area contributed by atoms with E-state index in [0.717, 1.165) is 19.1 Å². The molecule has 2 atom stereocenters. The van der Waals surface area contributed by atoms with Gasteiger partial charge in [-0.25, -0.2) is 0 Å². The van der Waals surface area contributed by atoms with Crippen LogP contribution in [0.2, 0.25) is 0 Å². The molecular formula is C13H25NO. The van der Waals surface area contributed by atoms with Crippen molar-refractivity contribution in [3.05, 3.63) is 0 Å². The number of hydrogen-bond acceptors (Lipinski definition) is 2. The zero-order chi connectivity index (χ0) is 10.5. The maximum Gasteiger partial charge on any atom is 0.110 e. The number of rotatable bonds is 3. The lowest BCUT2D eigenvalue weighted by Gasteiger charge is -2.32. The topological polar surface area (TPSA) is 21.3 Å². The SMILES string of the molecule is CC1CCCNC1OCC1CCCCC1. The maximum absolute atomic E-state index is 6.02. The van der Waals surface area contributed by atoms with Gasteiger partial charge < -0.3 is 4.74 Å². The van der Waals surface area contributed by atoms with Gasteiger partial charge in [0.15, 0.2) is 0 Å². The van der Waals surface area contributed by atoms with Crippen molar-refractivity contribution in [1.29, 1.82) is 0 Å². The van der Waals surface area contributed by atoms with Crippen LogP contribution in [0.1, 0.15) is 51.9 Å². The van der Waals surface area contributed by atoms with Crippen molar-refractivity contribution in [3.8, 4) is 0 Å². The van der Waals surface area contributed by atoms with E-state index in [0.29, 0.717) is 12.1 Å². The molecule has 1 N–H and O–H groups in total. The van der Waals surface area contributed by atoms with E-state index >= 15 is 0 Å². The third kappa shape index (κ3) is 3.46. The quantitative estimate of drug-likeness (QED) is 0.775. The summed E-state index contributed by atoms with van der Waals surface area (Å²) in [5.74, 6) is 1.54. The fraction of sp³-hybridized carbons (Fsp3) is 1.00. The van der Waals surface area contributed by atoms with Crippen molar-refractivity contribution in [1.82, 2.24) is 5.32 Å². The minimum atomic E-state index is 0.334. The van der Waals surface area contributed by atoms with Crippen LogP contribution in [0.4, 0.5) is 0 Å². The summed E-state index contributed by atoms with van der Waals surface area (Å²) in [6.45, 7) is 4.43. The Labute approximate surface area is 93.8 Å². The minimum absolute atomic E-state index is 0.334. The number of nitrogens with one attached hydrogen (secondary N) is 1. The standard InChI is InChI=1S/C13H25NO/c1-11-6-5-9-14-13(11)15-10-12-7-3-2-4-8-12/h11-14H,2-10H2,1H3. The van der Waals surface area contributed by atoms with Crippen LogP contribution in [0.15, 0.2) is 0 Å². The van der Waals surface area contributed by atoms with Crippen molar-refractivity contribution in [2.75, 3.05) is 13.2 Å². The summed E-state index contributed by atoms with van der Waals surface area (Å²) in [5.41, 5.74) is 0. The highest BCUT2D eigenvalue weighted by Gasteiger charge is 2.23. The van der Waals surface area contributed by atoms with Crippen LogP contribution in [-0.4, -0.2) is 19.4 Å². The fourth-order valence-electron chi connectivity index (χ4n) is 2.84. The maximum atomic E-state index is 6.02. The Morgan fingerprint density at radius 2 is 1.87 bits per heavy atom. The van der Waals surface area contributed by atoms with Gasteiger partial charge >= 0.3 is 0 Å². The summed E-state index contributed by atoms with van der Waals surface area (Å²) in [5, 5.41) is 3.49. The molecule has 1 aliphatic carbocycles. The van der Waals surface area contributed by atoms with Gasteiger partial charge in [-0.1, -0.05) is 26.2 Å². The molecule has 2 nitrogen and oxygen atoms in total. The van der Waals surface area contributed by atoms with Crippen LogP contribution >= 0.6 is 0 Å². The summed E-state index contributed by atoms with van der Waals surface area (Å²) in [6, 6.07) is 0. The van der Waals surface area contributed by atoms with Gasteiger partial charge in [0.25, 0.3) is 0 Å². The highest BCUT2D eigenvalue weighted by Crippen LogP contribution is 2.25. The van der Waals surface area contributed by atoms with Crippen molar-refractivity contribution < 1.29 is 4.74 Å².